The van der Waals surface area contributed by atoms with E-state index in [1.807, 2.05) is 24.3 Å². The van der Waals surface area contributed by atoms with Crippen molar-refractivity contribution in [3.05, 3.63) is 71.3 Å². The highest BCUT2D eigenvalue weighted by Gasteiger charge is 2.16. The predicted octanol–water partition coefficient (Wildman–Crippen LogP) is 8.26. The van der Waals surface area contributed by atoms with Crippen LogP contribution in [0.25, 0.3) is 5.57 Å². The number of allylic oxidation sites excluding steroid dienone is 2. The van der Waals surface area contributed by atoms with Gasteiger partial charge < -0.3 is 4.74 Å². The Kier molecular flexibility index (Phi) is 8.94. The number of hydrogen-bond acceptors (Lipinski definition) is 2. The molecule has 0 radical (unpaired) electrons. The summed E-state index contributed by atoms with van der Waals surface area (Å²) in [6, 6.07) is 15.8. The SMILES string of the molecule is CCCCCC1CC=C(c2ccc(C(=O)Oc3ccc(CC(C)CC)cc3)cc2)CC1. The molecule has 2 unspecified atom stereocenters. The van der Waals surface area contributed by atoms with Crippen molar-refractivity contribution in [3.8, 4) is 5.75 Å². The zero-order chi connectivity index (χ0) is 22.1. The summed E-state index contributed by atoms with van der Waals surface area (Å²) in [6.45, 7) is 6.73. The summed E-state index contributed by atoms with van der Waals surface area (Å²) in [7, 11) is 0. The number of rotatable bonds is 10. The standard InChI is InChI=1S/C29H38O2/c1-4-6-7-8-23-9-13-25(14-10-23)26-15-17-27(18-16-26)29(30)31-28-19-11-24(12-20-28)21-22(3)5-2/h11-13,15-20,22-23H,4-10,14,21H2,1-3H3. The Morgan fingerprint density at radius 1 is 1.03 bits per heavy atom. The number of ether oxygens (including phenoxy) is 1. The van der Waals surface area contributed by atoms with Crippen LogP contribution in [0.5, 0.6) is 5.75 Å². The highest BCUT2D eigenvalue weighted by molar-refractivity contribution is 5.91. The molecule has 166 valence electrons. The first-order valence-corrected chi connectivity index (χ1v) is 12.2. The van der Waals surface area contributed by atoms with Crippen molar-refractivity contribution < 1.29 is 9.53 Å². The fourth-order valence-corrected chi connectivity index (χ4v) is 4.32. The Bertz CT molecular complexity index is 845. The Morgan fingerprint density at radius 3 is 2.39 bits per heavy atom. The van der Waals surface area contributed by atoms with E-state index in [1.54, 1.807) is 0 Å². The maximum absolute atomic E-state index is 12.5. The molecule has 0 saturated carbocycles. The van der Waals surface area contributed by atoms with Gasteiger partial charge in [-0.15, -0.1) is 0 Å². The normalized spacial score (nSPS) is 17.1. The molecule has 2 atom stereocenters. The smallest absolute Gasteiger partial charge is 0.343 e. The summed E-state index contributed by atoms with van der Waals surface area (Å²) in [5.74, 6) is 1.82. The van der Waals surface area contributed by atoms with Gasteiger partial charge in [-0.2, -0.15) is 0 Å². The average Bonchev–Trinajstić information content (AvgIpc) is 2.81. The van der Waals surface area contributed by atoms with Crippen molar-refractivity contribution in [3.63, 3.8) is 0 Å². The van der Waals surface area contributed by atoms with E-state index >= 15 is 0 Å². The topological polar surface area (TPSA) is 26.3 Å². The third-order valence-electron chi connectivity index (χ3n) is 6.64. The summed E-state index contributed by atoms with van der Waals surface area (Å²) in [4.78, 5) is 12.5. The molecule has 1 aliphatic carbocycles. The van der Waals surface area contributed by atoms with Crippen molar-refractivity contribution >= 4 is 11.5 Å². The number of esters is 1. The van der Waals surface area contributed by atoms with Crippen molar-refractivity contribution in [2.75, 3.05) is 0 Å². The lowest BCUT2D eigenvalue weighted by Crippen LogP contribution is -2.09. The van der Waals surface area contributed by atoms with Crippen LogP contribution in [0.1, 0.15) is 93.6 Å². The second-order valence-corrected chi connectivity index (χ2v) is 9.19. The lowest BCUT2D eigenvalue weighted by atomic mass is 9.84. The van der Waals surface area contributed by atoms with Gasteiger partial charge in [-0.25, -0.2) is 4.79 Å². The molecule has 0 aromatic heterocycles. The van der Waals surface area contributed by atoms with Crippen LogP contribution >= 0.6 is 0 Å². The quantitative estimate of drug-likeness (QED) is 0.220. The third-order valence-corrected chi connectivity index (χ3v) is 6.64. The maximum atomic E-state index is 12.5. The van der Waals surface area contributed by atoms with Gasteiger partial charge in [-0.1, -0.05) is 83.2 Å². The molecule has 2 nitrogen and oxygen atoms in total. The first-order valence-electron chi connectivity index (χ1n) is 12.2. The highest BCUT2D eigenvalue weighted by atomic mass is 16.5. The Balaban J connectivity index is 1.53. The highest BCUT2D eigenvalue weighted by Crippen LogP contribution is 2.33. The molecule has 2 heteroatoms. The Labute approximate surface area is 188 Å². The van der Waals surface area contributed by atoms with E-state index in [2.05, 4.69) is 51.1 Å². The molecule has 2 aromatic carbocycles. The van der Waals surface area contributed by atoms with Gasteiger partial charge in [0.1, 0.15) is 5.75 Å². The van der Waals surface area contributed by atoms with Crippen LogP contribution in [-0.4, -0.2) is 5.97 Å². The molecule has 2 aromatic rings. The van der Waals surface area contributed by atoms with Crippen LogP contribution in [0.15, 0.2) is 54.6 Å². The largest absolute Gasteiger partial charge is 0.423 e. The molecule has 0 saturated heterocycles. The first-order chi connectivity index (χ1) is 15.1. The summed E-state index contributed by atoms with van der Waals surface area (Å²) < 4.78 is 5.58. The molecule has 0 N–H and O–H groups in total. The van der Waals surface area contributed by atoms with Crippen molar-refractivity contribution in [1.29, 1.82) is 0 Å². The molecular formula is C29H38O2. The van der Waals surface area contributed by atoms with Crippen LogP contribution in [0, 0.1) is 11.8 Å². The monoisotopic (exact) mass is 418 g/mol. The lowest BCUT2D eigenvalue weighted by Gasteiger charge is -2.22. The zero-order valence-electron chi connectivity index (χ0n) is 19.5. The lowest BCUT2D eigenvalue weighted by molar-refractivity contribution is 0.0734. The average molecular weight is 419 g/mol. The van der Waals surface area contributed by atoms with E-state index in [1.165, 1.54) is 61.6 Å². The number of benzene rings is 2. The second-order valence-electron chi connectivity index (χ2n) is 9.19. The van der Waals surface area contributed by atoms with Crippen LogP contribution in [0.4, 0.5) is 0 Å². The summed E-state index contributed by atoms with van der Waals surface area (Å²) in [6.07, 6.45) is 13.6. The van der Waals surface area contributed by atoms with E-state index in [9.17, 15) is 4.79 Å². The summed E-state index contributed by atoms with van der Waals surface area (Å²) in [5.41, 5.74) is 4.54. The van der Waals surface area contributed by atoms with E-state index in [0.717, 1.165) is 18.8 Å². The van der Waals surface area contributed by atoms with Crippen molar-refractivity contribution in [2.45, 2.75) is 78.6 Å². The van der Waals surface area contributed by atoms with Gasteiger partial charge in [0.2, 0.25) is 0 Å². The molecule has 0 aliphatic heterocycles. The number of carbonyl (C=O) groups is 1. The van der Waals surface area contributed by atoms with Gasteiger partial charge in [0, 0.05) is 0 Å². The molecule has 0 heterocycles. The molecule has 1 aliphatic rings. The minimum absolute atomic E-state index is 0.296. The van der Waals surface area contributed by atoms with Gasteiger partial charge in [-0.3, -0.25) is 0 Å². The Hall–Kier alpha value is -2.35. The van der Waals surface area contributed by atoms with Crippen LogP contribution in [0.2, 0.25) is 0 Å². The Morgan fingerprint density at radius 2 is 1.77 bits per heavy atom. The molecule has 3 rings (SSSR count). The molecular weight excluding hydrogens is 380 g/mol. The second kappa shape index (κ2) is 11.9. The van der Waals surface area contributed by atoms with Gasteiger partial charge in [0.25, 0.3) is 0 Å². The zero-order valence-corrected chi connectivity index (χ0v) is 19.5. The van der Waals surface area contributed by atoms with Gasteiger partial charge in [0.15, 0.2) is 0 Å². The van der Waals surface area contributed by atoms with Crippen LogP contribution < -0.4 is 4.74 Å². The molecule has 0 fully saturated rings. The first kappa shape index (κ1) is 23.3. The third kappa shape index (κ3) is 7.09. The molecule has 31 heavy (non-hydrogen) atoms. The van der Waals surface area contributed by atoms with Crippen LogP contribution in [0.3, 0.4) is 0 Å². The maximum Gasteiger partial charge on any atom is 0.343 e. The van der Waals surface area contributed by atoms with Crippen molar-refractivity contribution in [1.82, 2.24) is 0 Å². The molecule has 0 spiro atoms. The van der Waals surface area contributed by atoms with Gasteiger partial charge >= 0.3 is 5.97 Å². The van der Waals surface area contributed by atoms with Crippen LogP contribution in [-0.2, 0) is 6.42 Å². The number of unbranched alkanes of at least 4 members (excludes halogenated alkanes) is 2. The summed E-state index contributed by atoms with van der Waals surface area (Å²) >= 11 is 0. The fourth-order valence-electron chi connectivity index (χ4n) is 4.32. The van der Waals surface area contributed by atoms with Gasteiger partial charge in [-0.05, 0) is 78.5 Å². The number of hydrogen-bond donors (Lipinski definition) is 0. The fraction of sp³-hybridized carbons (Fsp3) is 0.483. The van der Waals surface area contributed by atoms with E-state index < -0.39 is 0 Å². The van der Waals surface area contributed by atoms with E-state index in [0.29, 0.717) is 17.2 Å². The van der Waals surface area contributed by atoms with Gasteiger partial charge in [0.05, 0.1) is 5.56 Å². The van der Waals surface area contributed by atoms with E-state index in [-0.39, 0.29) is 5.97 Å². The minimum atomic E-state index is -0.296. The van der Waals surface area contributed by atoms with E-state index in [4.69, 9.17) is 4.74 Å². The molecule has 0 amide bonds. The summed E-state index contributed by atoms with van der Waals surface area (Å²) in [5, 5.41) is 0. The molecule has 0 bridgehead atoms. The number of carbonyl (C=O) groups excluding carboxylic acids is 1. The van der Waals surface area contributed by atoms with Crippen molar-refractivity contribution in [2.24, 2.45) is 11.8 Å². The minimum Gasteiger partial charge on any atom is -0.423 e. The predicted molar refractivity (Wildman–Crippen MR) is 130 cm³/mol.